The predicted molar refractivity (Wildman–Crippen MR) is 70.6 cm³/mol. The summed E-state index contributed by atoms with van der Waals surface area (Å²) in [5.41, 5.74) is 0. The van der Waals surface area contributed by atoms with E-state index in [1.807, 2.05) is 0 Å². The van der Waals surface area contributed by atoms with Gasteiger partial charge in [0.15, 0.2) is 0 Å². The lowest BCUT2D eigenvalue weighted by atomic mass is 10.3. The first-order valence-corrected chi connectivity index (χ1v) is 6.97. The number of ether oxygens (including phenoxy) is 1. The number of morpholine rings is 1. The van der Waals surface area contributed by atoms with Crippen LogP contribution in [0.1, 0.15) is 12.8 Å². The molecule has 1 aliphatic carbocycles. The maximum absolute atomic E-state index is 12.0. The molecule has 19 heavy (non-hydrogen) atoms. The molecule has 0 aromatic heterocycles. The lowest BCUT2D eigenvalue weighted by Gasteiger charge is -2.28. The zero-order valence-corrected chi connectivity index (χ0v) is 11.6. The molecule has 0 aromatic rings. The van der Waals surface area contributed by atoms with E-state index < -0.39 is 0 Å². The van der Waals surface area contributed by atoms with Gasteiger partial charge in [0.1, 0.15) is 0 Å². The minimum atomic E-state index is -0.0257. The Morgan fingerprint density at radius 3 is 2.63 bits per heavy atom. The Labute approximate surface area is 114 Å². The highest BCUT2D eigenvalue weighted by atomic mass is 16.5. The van der Waals surface area contributed by atoms with E-state index in [9.17, 15) is 9.59 Å². The molecular weight excluding hydrogens is 246 g/mol. The molecular formula is C13H23N3O3. The molecule has 0 spiro atoms. The van der Waals surface area contributed by atoms with Crippen LogP contribution >= 0.6 is 0 Å². The summed E-state index contributed by atoms with van der Waals surface area (Å²) in [5, 5.41) is 3.14. The number of carbonyl (C=O) groups excluding carboxylic acids is 2. The van der Waals surface area contributed by atoms with Crippen LogP contribution in [0.3, 0.4) is 0 Å². The van der Waals surface area contributed by atoms with Gasteiger partial charge in [0.2, 0.25) is 11.8 Å². The van der Waals surface area contributed by atoms with Crippen molar-refractivity contribution in [2.24, 2.45) is 5.92 Å². The van der Waals surface area contributed by atoms with Crippen LogP contribution in [0.5, 0.6) is 0 Å². The second-order valence-electron chi connectivity index (χ2n) is 5.32. The third-order valence-corrected chi connectivity index (χ3v) is 3.57. The van der Waals surface area contributed by atoms with Crippen molar-refractivity contribution in [3.63, 3.8) is 0 Å². The van der Waals surface area contributed by atoms with Crippen molar-refractivity contribution < 1.29 is 14.3 Å². The smallest absolute Gasteiger partial charge is 0.242 e. The van der Waals surface area contributed by atoms with Crippen molar-refractivity contribution in [1.29, 1.82) is 0 Å². The molecule has 0 bridgehead atoms. The number of hydrogen-bond donors (Lipinski definition) is 1. The lowest BCUT2D eigenvalue weighted by Crippen LogP contribution is -2.47. The molecule has 1 N–H and O–H groups in total. The number of hydrogen-bond acceptors (Lipinski definition) is 4. The van der Waals surface area contributed by atoms with Gasteiger partial charge in [0, 0.05) is 20.1 Å². The van der Waals surface area contributed by atoms with E-state index in [1.165, 1.54) is 17.7 Å². The largest absolute Gasteiger partial charge is 0.378 e. The monoisotopic (exact) mass is 269 g/mol. The quantitative estimate of drug-likeness (QED) is 0.693. The second-order valence-corrected chi connectivity index (χ2v) is 5.32. The van der Waals surface area contributed by atoms with E-state index in [-0.39, 0.29) is 18.4 Å². The Morgan fingerprint density at radius 2 is 2.00 bits per heavy atom. The van der Waals surface area contributed by atoms with Crippen LogP contribution in [0.4, 0.5) is 0 Å². The van der Waals surface area contributed by atoms with Gasteiger partial charge in [-0.25, -0.2) is 0 Å². The summed E-state index contributed by atoms with van der Waals surface area (Å²) in [6.07, 6.45) is 2.54. The number of nitrogens with one attached hydrogen (secondary N) is 1. The van der Waals surface area contributed by atoms with Crippen LogP contribution in [0.2, 0.25) is 0 Å². The minimum Gasteiger partial charge on any atom is -0.378 e. The third-order valence-electron chi connectivity index (χ3n) is 3.57. The Morgan fingerprint density at radius 1 is 1.32 bits per heavy atom. The highest BCUT2D eigenvalue weighted by molar-refractivity contribution is 5.85. The molecule has 0 aromatic carbocycles. The molecule has 2 fully saturated rings. The molecule has 1 heterocycles. The summed E-state index contributed by atoms with van der Waals surface area (Å²) in [5.74, 6) is 0.733. The fourth-order valence-electron chi connectivity index (χ4n) is 2.04. The first-order valence-electron chi connectivity index (χ1n) is 6.97. The maximum atomic E-state index is 12.0. The Hall–Kier alpha value is -1.14. The number of likely N-dealkylation sites (N-methyl/N-ethyl adjacent to an activating group) is 1. The van der Waals surface area contributed by atoms with Gasteiger partial charge in [-0.3, -0.25) is 9.59 Å². The van der Waals surface area contributed by atoms with Crippen molar-refractivity contribution >= 4 is 11.8 Å². The van der Waals surface area contributed by atoms with Crippen molar-refractivity contribution in [3.8, 4) is 0 Å². The van der Waals surface area contributed by atoms with Gasteiger partial charge in [0.25, 0.3) is 0 Å². The summed E-state index contributed by atoms with van der Waals surface area (Å²) in [6.45, 7) is 3.82. The molecule has 6 nitrogen and oxygen atoms in total. The van der Waals surface area contributed by atoms with Gasteiger partial charge in [-0.05, 0) is 25.3 Å². The normalized spacial score (nSPS) is 19.3. The Kier molecular flexibility index (Phi) is 5.15. The van der Waals surface area contributed by atoms with E-state index in [2.05, 4.69) is 5.32 Å². The van der Waals surface area contributed by atoms with Crippen molar-refractivity contribution in [2.75, 3.05) is 53.0 Å². The van der Waals surface area contributed by atoms with Crippen molar-refractivity contribution in [2.45, 2.75) is 12.8 Å². The molecule has 2 aliphatic rings. The Balaban J connectivity index is 1.64. The zero-order valence-electron chi connectivity index (χ0n) is 11.6. The minimum absolute atomic E-state index is 0.00124. The zero-order chi connectivity index (χ0) is 13.7. The van der Waals surface area contributed by atoms with Crippen molar-refractivity contribution in [3.05, 3.63) is 0 Å². The fraction of sp³-hybridized carbons (Fsp3) is 0.846. The van der Waals surface area contributed by atoms with Gasteiger partial charge < -0.3 is 19.9 Å². The molecule has 1 saturated heterocycles. The summed E-state index contributed by atoms with van der Waals surface area (Å²) in [7, 11) is 1.68. The van der Waals surface area contributed by atoms with E-state index in [1.54, 1.807) is 11.9 Å². The molecule has 1 aliphatic heterocycles. The number of amides is 2. The number of carbonyl (C=O) groups is 2. The summed E-state index contributed by atoms with van der Waals surface area (Å²) in [4.78, 5) is 27.0. The van der Waals surface area contributed by atoms with E-state index in [0.29, 0.717) is 32.8 Å². The summed E-state index contributed by atoms with van der Waals surface area (Å²) >= 11 is 0. The topological polar surface area (TPSA) is 61.9 Å². The Bertz CT molecular complexity index is 325. The maximum Gasteiger partial charge on any atom is 0.242 e. The molecule has 6 heteroatoms. The van der Waals surface area contributed by atoms with Gasteiger partial charge in [-0.15, -0.1) is 0 Å². The lowest BCUT2D eigenvalue weighted by molar-refractivity contribution is -0.141. The van der Waals surface area contributed by atoms with Crippen LogP contribution in [0.15, 0.2) is 0 Å². The highest BCUT2D eigenvalue weighted by Gasteiger charge is 2.22. The SMILES string of the molecule is CN(CC(=O)N1CCOCC1)C(=O)CNCC1CC1. The van der Waals surface area contributed by atoms with E-state index >= 15 is 0 Å². The van der Waals surface area contributed by atoms with Crippen LogP contribution in [0, 0.1) is 5.92 Å². The van der Waals surface area contributed by atoms with Crippen LogP contribution in [0.25, 0.3) is 0 Å². The van der Waals surface area contributed by atoms with E-state index in [4.69, 9.17) is 4.74 Å². The number of rotatable bonds is 6. The van der Waals surface area contributed by atoms with Gasteiger partial charge in [-0.1, -0.05) is 0 Å². The van der Waals surface area contributed by atoms with Gasteiger partial charge in [0.05, 0.1) is 26.3 Å². The number of nitrogens with zero attached hydrogens (tertiary/aromatic N) is 2. The standard InChI is InChI=1S/C13H23N3O3/c1-15(12(17)9-14-8-11-2-3-11)10-13(18)16-4-6-19-7-5-16/h11,14H,2-10H2,1H3. The molecule has 0 unspecified atom stereocenters. The van der Waals surface area contributed by atoms with Crippen LogP contribution in [-0.2, 0) is 14.3 Å². The molecule has 1 saturated carbocycles. The average molecular weight is 269 g/mol. The summed E-state index contributed by atoms with van der Waals surface area (Å²) < 4.78 is 5.20. The molecule has 2 rings (SSSR count). The molecule has 0 radical (unpaired) electrons. The first kappa shape index (κ1) is 14.3. The molecule has 2 amide bonds. The van der Waals surface area contributed by atoms with Crippen LogP contribution < -0.4 is 5.32 Å². The van der Waals surface area contributed by atoms with Crippen molar-refractivity contribution in [1.82, 2.24) is 15.1 Å². The molecule has 108 valence electrons. The second kappa shape index (κ2) is 6.86. The van der Waals surface area contributed by atoms with E-state index in [0.717, 1.165) is 12.5 Å². The first-order chi connectivity index (χ1) is 9.16. The third kappa shape index (κ3) is 4.80. The average Bonchev–Trinajstić information content (AvgIpc) is 3.23. The molecule has 0 atom stereocenters. The van der Waals surface area contributed by atoms with Crippen LogP contribution in [-0.4, -0.2) is 74.6 Å². The van der Waals surface area contributed by atoms with Gasteiger partial charge in [-0.2, -0.15) is 0 Å². The predicted octanol–water partition coefficient (Wildman–Crippen LogP) is -0.697. The highest BCUT2D eigenvalue weighted by Crippen LogP contribution is 2.27. The summed E-state index contributed by atoms with van der Waals surface area (Å²) in [6, 6.07) is 0. The fourth-order valence-corrected chi connectivity index (χ4v) is 2.04. The van der Waals surface area contributed by atoms with Gasteiger partial charge >= 0.3 is 0 Å².